The minimum absolute atomic E-state index is 0.0219. The van der Waals surface area contributed by atoms with Crippen molar-refractivity contribution in [3.63, 3.8) is 0 Å². The first-order valence-corrected chi connectivity index (χ1v) is 4.79. The van der Waals surface area contributed by atoms with Crippen molar-refractivity contribution in [2.24, 2.45) is 0 Å². The van der Waals surface area contributed by atoms with Crippen molar-refractivity contribution < 1.29 is 14.5 Å². The predicted molar refractivity (Wildman–Crippen MR) is 54.9 cm³/mol. The molecule has 1 aliphatic rings. The Balaban J connectivity index is 2.22. The standard InChI is InChI=1S/C10H10N2O4/c1-6-9(16-10(13)11-6)7-2-4-8(5-3-7)12(14)15/h2-6,9H,1H3,(H,11,13)/t6-,9+/m0/s1. The molecule has 0 aromatic heterocycles. The number of ether oxygens (including phenoxy) is 1. The van der Waals surface area contributed by atoms with E-state index in [4.69, 9.17) is 4.74 Å². The van der Waals surface area contributed by atoms with Gasteiger partial charge in [-0.25, -0.2) is 4.79 Å². The number of rotatable bonds is 2. The molecule has 1 saturated heterocycles. The number of carbonyl (C=O) groups excluding carboxylic acids is 1. The lowest BCUT2D eigenvalue weighted by molar-refractivity contribution is -0.384. The zero-order valence-corrected chi connectivity index (χ0v) is 8.54. The second-order valence-corrected chi connectivity index (χ2v) is 3.61. The molecule has 0 bridgehead atoms. The second-order valence-electron chi connectivity index (χ2n) is 3.61. The van der Waals surface area contributed by atoms with Gasteiger partial charge in [-0.15, -0.1) is 0 Å². The van der Waals surface area contributed by atoms with Crippen molar-refractivity contribution >= 4 is 11.8 Å². The summed E-state index contributed by atoms with van der Waals surface area (Å²) < 4.78 is 5.04. The Morgan fingerprint density at radius 3 is 2.44 bits per heavy atom. The Kier molecular flexibility index (Phi) is 2.47. The maximum atomic E-state index is 11.0. The van der Waals surface area contributed by atoms with Crippen LogP contribution in [-0.2, 0) is 4.74 Å². The van der Waals surface area contributed by atoms with Crippen LogP contribution < -0.4 is 5.32 Å². The van der Waals surface area contributed by atoms with Gasteiger partial charge in [0.1, 0.15) is 6.10 Å². The first kappa shape index (κ1) is 10.4. The third-order valence-electron chi connectivity index (χ3n) is 2.47. The molecule has 1 heterocycles. The molecule has 6 nitrogen and oxygen atoms in total. The lowest BCUT2D eigenvalue weighted by Gasteiger charge is -2.12. The maximum absolute atomic E-state index is 11.0. The molecule has 1 aliphatic heterocycles. The molecule has 0 spiro atoms. The summed E-state index contributed by atoms with van der Waals surface area (Å²) in [6, 6.07) is 5.86. The summed E-state index contributed by atoms with van der Waals surface area (Å²) in [7, 11) is 0. The molecule has 1 aromatic rings. The summed E-state index contributed by atoms with van der Waals surface area (Å²) in [6.07, 6.45) is -0.843. The quantitative estimate of drug-likeness (QED) is 0.610. The van der Waals surface area contributed by atoms with Crippen LogP contribution in [0.15, 0.2) is 24.3 Å². The average molecular weight is 222 g/mol. The Morgan fingerprint density at radius 2 is 2.00 bits per heavy atom. The number of nitro benzene ring substituents is 1. The molecule has 1 fully saturated rings. The predicted octanol–water partition coefficient (Wildman–Crippen LogP) is 1.76. The van der Waals surface area contributed by atoms with Crippen LogP contribution >= 0.6 is 0 Å². The summed E-state index contributed by atoms with van der Waals surface area (Å²) in [6.45, 7) is 1.82. The zero-order valence-electron chi connectivity index (χ0n) is 8.54. The van der Waals surface area contributed by atoms with Gasteiger partial charge in [0.2, 0.25) is 0 Å². The van der Waals surface area contributed by atoms with Gasteiger partial charge in [-0.2, -0.15) is 0 Å². The molecule has 0 unspecified atom stereocenters. The molecular formula is C10H10N2O4. The van der Waals surface area contributed by atoms with Gasteiger partial charge in [-0.3, -0.25) is 10.1 Å². The maximum Gasteiger partial charge on any atom is 0.408 e. The van der Waals surface area contributed by atoms with Crippen LogP contribution in [0.1, 0.15) is 18.6 Å². The molecule has 0 aliphatic carbocycles. The lowest BCUT2D eigenvalue weighted by atomic mass is 10.0. The lowest BCUT2D eigenvalue weighted by Crippen LogP contribution is -2.23. The van der Waals surface area contributed by atoms with Crippen LogP contribution in [0.25, 0.3) is 0 Å². The van der Waals surface area contributed by atoms with E-state index in [0.29, 0.717) is 0 Å². The summed E-state index contributed by atoms with van der Waals surface area (Å²) in [5.41, 5.74) is 0.769. The fourth-order valence-corrected chi connectivity index (χ4v) is 1.66. The molecular weight excluding hydrogens is 212 g/mol. The average Bonchev–Trinajstić information content (AvgIpc) is 2.58. The van der Waals surface area contributed by atoms with Gasteiger partial charge in [0.05, 0.1) is 11.0 Å². The van der Waals surface area contributed by atoms with Crippen LogP contribution in [0.2, 0.25) is 0 Å². The summed E-state index contributed by atoms with van der Waals surface area (Å²) in [4.78, 5) is 21.0. The van der Waals surface area contributed by atoms with Crippen LogP contribution in [0.3, 0.4) is 0 Å². The molecule has 1 amide bonds. The number of nitrogens with zero attached hydrogens (tertiary/aromatic N) is 1. The van der Waals surface area contributed by atoms with E-state index in [0.717, 1.165) is 5.56 Å². The molecule has 16 heavy (non-hydrogen) atoms. The molecule has 2 atom stereocenters. The Labute approximate surface area is 91.4 Å². The van der Waals surface area contributed by atoms with Gasteiger partial charge >= 0.3 is 6.09 Å². The minimum Gasteiger partial charge on any atom is -0.439 e. The summed E-state index contributed by atoms with van der Waals surface area (Å²) >= 11 is 0. The number of cyclic esters (lactones) is 1. The number of nitrogens with one attached hydrogen (secondary N) is 1. The number of hydrogen-bond donors (Lipinski definition) is 1. The topological polar surface area (TPSA) is 81.5 Å². The molecule has 1 aromatic carbocycles. The van der Waals surface area contributed by atoms with Crippen molar-refractivity contribution in [1.82, 2.24) is 5.32 Å². The fourth-order valence-electron chi connectivity index (χ4n) is 1.66. The number of benzene rings is 1. The van der Waals surface area contributed by atoms with Crippen LogP contribution in [0.4, 0.5) is 10.5 Å². The fraction of sp³-hybridized carbons (Fsp3) is 0.300. The highest BCUT2D eigenvalue weighted by atomic mass is 16.6. The first-order valence-electron chi connectivity index (χ1n) is 4.79. The monoisotopic (exact) mass is 222 g/mol. The summed E-state index contributed by atoms with van der Waals surface area (Å²) in [5, 5.41) is 13.1. The van der Waals surface area contributed by atoms with Crippen molar-refractivity contribution in [2.75, 3.05) is 0 Å². The third kappa shape index (κ3) is 1.81. The Hall–Kier alpha value is -2.11. The molecule has 1 N–H and O–H groups in total. The van der Waals surface area contributed by atoms with E-state index in [1.807, 2.05) is 6.92 Å². The van der Waals surface area contributed by atoms with Crippen molar-refractivity contribution in [3.05, 3.63) is 39.9 Å². The van der Waals surface area contributed by atoms with E-state index < -0.39 is 11.0 Å². The number of amides is 1. The first-order chi connectivity index (χ1) is 7.58. The van der Waals surface area contributed by atoms with Crippen LogP contribution in [-0.4, -0.2) is 17.1 Å². The van der Waals surface area contributed by atoms with Crippen molar-refractivity contribution in [1.29, 1.82) is 0 Å². The highest BCUT2D eigenvalue weighted by molar-refractivity contribution is 5.70. The number of alkyl carbamates (subject to hydrolysis) is 1. The SMILES string of the molecule is C[C@@H]1NC(=O)O[C@H]1c1ccc([N+](=O)[O-])cc1. The second kappa shape index (κ2) is 3.80. The molecule has 0 saturated carbocycles. The highest BCUT2D eigenvalue weighted by Crippen LogP contribution is 2.27. The Bertz CT molecular complexity index is 429. The van der Waals surface area contributed by atoms with E-state index in [2.05, 4.69) is 5.32 Å². The Morgan fingerprint density at radius 1 is 1.38 bits per heavy atom. The third-order valence-corrected chi connectivity index (χ3v) is 2.47. The number of hydrogen-bond acceptors (Lipinski definition) is 4. The van der Waals surface area contributed by atoms with Gasteiger partial charge in [-0.1, -0.05) is 0 Å². The molecule has 2 rings (SSSR count). The van der Waals surface area contributed by atoms with Crippen LogP contribution in [0, 0.1) is 10.1 Å². The van der Waals surface area contributed by atoms with Gasteiger partial charge in [0.15, 0.2) is 0 Å². The molecule has 6 heteroatoms. The van der Waals surface area contributed by atoms with Crippen molar-refractivity contribution in [2.45, 2.75) is 19.1 Å². The van der Waals surface area contributed by atoms with E-state index in [9.17, 15) is 14.9 Å². The van der Waals surface area contributed by atoms with Gasteiger partial charge in [0.25, 0.3) is 5.69 Å². The minimum atomic E-state index is -0.466. The highest BCUT2D eigenvalue weighted by Gasteiger charge is 2.31. The molecule has 0 radical (unpaired) electrons. The number of nitro groups is 1. The van der Waals surface area contributed by atoms with Crippen LogP contribution in [0.5, 0.6) is 0 Å². The smallest absolute Gasteiger partial charge is 0.408 e. The van der Waals surface area contributed by atoms with E-state index in [1.54, 1.807) is 12.1 Å². The summed E-state index contributed by atoms with van der Waals surface area (Å²) in [5.74, 6) is 0. The van der Waals surface area contributed by atoms with E-state index in [1.165, 1.54) is 12.1 Å². The van der Waals surface area contributed by atoms with E-state index >= 15 is 0 Å². The largest absolute Gasteiger partial charge is 0.439 e. The number of non-ortho nitro benzene ring substituents is 1. The van der Waals surface area contributed by atoms with Gasteiger partial charge in [-0.05, 0) is 24.6 Å². The zero-order chi connectivity index (χ0) is 11.7. The van der Waals surface area contributed by atoms with Crippen molar-refractivity contribution in [3.8, 4) is 0 Å². The van der Waals surface area contributed by atoms with Gasteiger partial charge in [0, 0.05) is 12.1 Å². The normalized spacial score (nSPS) is 23.7. The van der Waals surface area contributed by atoms with Gasteiger partial charge < -0.3 is 10.1 Å². The molecule has 84 valence electrons. The number of carbonyl (C=O) groups is 1. The van der Waals surface area contributed by atoms with E-state index in [-0.39, 0.29) is 17.8 Å².